The second-order valence-electron chi connectivity index (χ2n) is 7.11. The third kappa shape index (κ3) is 6.13. The van der Waals surface area contributed by atoms with Gasteiger partial charge in [0.15, 0.2) is 13.2 Å². The molecule has 0 bridgehead atoms. The molecular formula is C23H27ClN2O4. The minimum atomic E-state index is -0.0904. The fraction of sp³-hybridized carbons (Fsp3) is 0.391. The zero-order chi connectivity index (χ0) is 21.3. The van der Waals surface area contributed by atoms with Crippen LogP contribution in [0.15, 0.2) is 48.5 Å². The van der Waals surface area contributed by atoms with Crippen molar-refractivity contribution in [2.45, 2.75) is 19.8 Å². The van der Waals surface area contributed by atoms with Crippen LogP contribution >= 0.6 is 11.6 Å². The molecule has 2 aromatic carbocycles. The second-order valence-corrected chi connectivity index (χ2v) is 7.54. The third-order valence-electron chi connectivity index (χ3n) is 5.08. The van der Waals surface area contributed by atoms with Gasteiger partial charge in [-0.05, 0) is 48.7 Å². The lowest BCUT2D eigenvalue weighted by Gasteiger charge is -2.22. The average molecular weight is 431 g/mol. The summed E-state index contributed by atoms with van der Waals surface area (Å²) in [7, 11) is 0. The molecule has 0 radical (unpaired) electrons. The quantitative estimate of drug-likeness (QED) is 0.675. The van der Waals surface area contributed by atoms with Crippen molar-refractivity contribution < 1.29 is 19.1 Å². The molecule has 2 aromatic rings. The van der Waals surface area contributed by atoms with Crippen LogP contribution in [0.4, 0.5) is 0 Å². The highest BCUT2D eigenvalue weighted by molar-refractivity contribution is 6.30. The molecule has 0 spiro atoms. The highest BCUT2D eigenvalue weighted by Gasteiger charge is 2.22. The van der Waals surface area contributed by atoms with Crippen molar-refractivity contribution in [2.24, 2.45) is 0 Å². The van der Waals surface area contributed by atoms with E-state index in [1.165, 1.54) is 0 Å². The Morgan fingerprint density at radius 1 is 0.867 bits per heavy atom. The maximum atomic E-state index is 12.6. The number of hydrogen-bond acceptors (Lipinski definition) is 4. The number of carbonyl (C=O) groups is 2. The van der Waals surface area contributed by atoms with E-state index < -0.39 is 0 Å². The summed E-state index contributed by atoms with van der Waals surface area (Å²) >= 11 is 5.85. The minimum Gasteiger partial charge on any atom is -0.484 e. The van der Waals surface area contributed by atoms with Crippen LogP contribution in [0.2, 0.25) is 5.02 Å². The lowest BCUT2D eigenvalue weighted by Crippen LogP contribution is -2.40. The molecule has 7 heteroatoms. The topological polar surface area (TPSA) is 59.1 Å². The maximum absolute atomic E-state index is 12.6. The fourth-order valence-corrected chi connectivity index (χ4v) is 3.48. The molecule has 0 aliphatic carbocycles. The van der Waals surface area contributed by atoms with E-state index in [-0.39, 0.29) is 25.0 Å². The molecule has 3 rings (SSSR count). The van der Waals surface area contributed by atoms with Gasteiger partial charge < -0.3 is 19.3 Å². The number of rotatable bonds is 7. The van der Waals surface area contributed by atoms with Gasteiger partial charge in [0.1, 0.15) is 11.5 Å². The molecule has 1 heterocycles. The molecule has 0 aromatic heterocycles. The number of halogens is 1. The zero-order valence-electron chi connectivity index (χ0n) is 17.2. The summed E-state index contributed by atoms with van der Waals surface area (Å²) in [5, 5.41) is 0.619. The van der Waals surface area contributed by atoms with Gasteiger partial charge in [0, 0.05) is 31.2 Å². The van der Waals surface area contributed by atoms with Gasteiger partial charge >= 0.3 is 0 Å². The number of benzene rings is 2. The van der Waals surface area contributed by atoms with Crippen LogP contribution in [0.1, 0.15) is 18.9 Å². The van der Waals surface area contributed by atoms with Crippen LogP contribution in [0.5, 0.6) is 11.5 Å². The first-order valence-corrected chi connectivity index (χ1v) is 10.6. The van der Waals surface area contributed by atoms with Gasteiger partial charge in [-0.2, -0.15) is 0 Å². The second kappa shape index (κ2) is 10.9. The molecule has 0 unspecified atom stereocenters. The van der Waals surface area contributed by atoms with Crippen molar-refractivity contribution in [3.8, 4) is 11.5 Å². The summed E-state index contributed by atoms with van der Waals surface area (Å²) in [6.07, 6.45) is 1.58. The first kappa shape index (κ1) is 22.0. The highest BCUT2D eigenvalue weighted by atomic mass is 35.5. The van der Waals surface area contributed by atoms with Crippen LogP contribution in [0.25, 0.3) is 0 Å². The summed E-state index contributed by atoms with van der Waals surface area (Å²) in [5.41, 5.74) is 1.08. The maximum Gasteiger partial charge on any atom is 0.260 e. The van der Waals surface area contributed by atoms with Crippen molar-refractivity contribution in [3.05, 3.63) is 59.1 Å². The van der Waals surface area contributed by atoms with E-state index in [9.17, 15) is 9.59 Å². The molecular weight excluding hydrogens is 404 g/mol. The number of hydrogen-bond donors (Lipinski definition) is 0. The van der Waals surface area contributed by atoms with Gasteiger partial charge in [-0.1, -0.05) is 36.7 Å². The van der Waals surface area contributed by atoms with Crippen LogP contribution in [0.3, 0.4) is 0 Å². The molecule has 1 aliphatic rings. The number of para-hydroxylation sites is 1. The van der Waals surface area contributed by atoms with Gasteiger partial charge in [0.2, 0.25) is 0 Å². The van der Waals surface area contributed by atoms with Crippen LogP contribution < -0.4 is 9.47 Å². The van der Waals surface area contributed by atoms with Crippen molar-refractivity contribution in [2.75, 3.05) is 39.4 Å². The van der Waals surface area contributed by atoms with E-state index in [0.717, 1.165) is 24.2 Å². The third-order valence-corrected chi connectivity index (χ3v) is 5.33. The zero-order valence-corrected chi connectivity index (χ0v) is 17.9. The van der Waals surface area contributed by atoms with E-state index in [1.807, 2.05) is 24.3 Å². The van der Waals surface area contributed by atoms with Crippen LogP contribution in [-0.2, 0) is 16.0 Å². The normalized spacial score (nSPS) is 14.2. The number of aryl methyl sites for hydroxylation is 1. The van der Waals surface area contributed by atoms with E-state index in [2.05, 4.69) is 6.92 Å². The molecule has 1 fully saturated rings. The first-order valence-electron chi connectivity index (χ1n) is 10.2. The van der Waals surface area contributed by atoms with Crippen molar-refractivity contribution in [1.82, 2.24) is 9.80 Å². The molecule has 1 aliphatic heterocycles. The van der Waals surface area contributed by atoms with Crippen molar-refractivity contribution in [3.63, 3.8) is 0 Å². The first-order chi connectivity index (χ1) is 14.6. The van der Waals surface area contributed by atoms with E-state index in [4.69, 9.17) is 21.1 Å². The van der Waals surface area contributed by atoms with Crippen molar-refractivity contribution in [1.29, 1.82) is 0 Å². The van der Waals surface area contributed by atoms with Gasteiger partial charge in [0.25, 0.3) is 11.8 Å². The Kier molecular flexibility index (Phi) is 7.97. The minimum absolute atomic E-state index is 0.00460. The summed E-state index contributed by atoms with van der Waals surface area (Å²) in [4.78, 5) is 28.6. The summed E-state index contributed by atoms with van der Waals surface area (Å²) in [5.74, 6) is 1.20. The molecule has 0 atom stereocenters. The van der Waals surface area contributed by atoms with Crippen LogP contribution in [-0.4, -0.2) is 61.0 Å². The average Bonchev–Trinajstić information content (AvgIpc) is 3.03. The molecule has 160 valence electrons. The Morgan fingerprint density at radius 2 is 1.47 bits per heavy atom. The molecule has 0 N–H and O–H groups in total. The number of amides is 2. The predicted octanol–water partition coefficient (Wildman–Crippen LogP) is 3.42. The molecule has 2 amide bonds. The Labute approximate surface area is 182 Å². The summed E-state index contributed by atoms with van der Waals surface area (Å²) in [6.45, 7) is 4.22. The standard InChI is InChI=1S/C23H27ClN2O4/c1-2-18-6-3-4-7-21(18)30-17-23(28)26-13-5-12-25(14-15-26)22(27)16-29-20-10-8-19(24)9-11-20/h3-4,6-11H,2,5,12-17H2,1H3. The lowest BCUT2D eigenvalue weighted by atomic mass is 10.1. The molecule has 30 heavy (non-hydrogen) atoms. The summed E-state index contributed by atoms with van der Waals surface area (Å²) < 4.78 is 11.3. The number of nitrogens with zero attached hydrogens (tertiary/aromatic N) is 2. The van der Waals surface area contributed by atoms with E-state index in [0.29, 0.717) is 37.0 Å². The van der Waals surface area contributed by atoms with Gasteiger partial charge in [-0.15, -0.1) is 0 Å². The van der Waals surface area contributed by atoms with Gasteiger partial charge in [-0.3, -0.25) is 9.59 Å². The predicted molar refractivity (Wildman–Crippen MR) is 116 cm³/mol. The van der Waals surface area contributed by atoms with Crippen LogP contribution in [0, 0.1) is 0 Å². The van der Waals surface area contributed by atoms with Gasteiger partial charge in [-0.25, -0.2) is 0 Å². The Bertz CT molecular complexity index is 857. The molecule has 6 nitrogen and oxygen atoms in total. The van der Waals surface area contributed by atoms with E-state index in [1.54, 1.807) is 34.1 Å². The number of carbonyl (C=O) groups excluding carboxylic acids is 2. The lowest BCUT2D eigenvalue weighted by molar-refractivity contribution is -0.135. The largest absolute Gasteiger partial charge is 0.484 e. The molecule has 1 saturated heterocycles. The van der Waals surface area contributed by atoms with Gasteiger partial charge in [0.05, 0.1) is 0 Å². The van der Waals surface area contributed by atoms with Crippen molar-refractivity contribution >= 4 is 23.4 Å². The van der Waals surface area contributed by atoms with E-state index >= 15 is 0 Å². The molecule has 0 saturated carbocycles. The Balaban J connectivity index is 1.46. The number of ether oxygens (including phenoxy) is 2. The Morgan fingerprint density at radius 3 is 2.10 bits per heavy atom. The summed E-state index contributed by atoms with van der Waals surface area (Å²) in [6, 6.07) is 14.7. The Hall–Kier alpha value is -2.73. The SMILES string of the molecule is CCc1ccccc1OCC(=O)N1CCCN(C(=O)COc2ccc(Cl)cc2)CC1. The monoisotopic (exact) mass is 430 g/mol. The fourth-order valence-electron chi connectivity index (χ4n) is 3.35. The highest BCUT2D eigenvalue weighted by Crippen LogP contribution is 2.18. The smallest absolute Gasteiger partial charge is 0.260 e.